The molecular weight excluding hydrogens is 238 g/mol. The highest BCUT2D eigenvalue weighted by Gasteiger charge is 2.11. The Morgan fingerprint density at radius 1 is 1.77 bits per heavy atom. The van der Waals surface area contributed by atoms with E-state index in [-0.39, 0.29) is 5.69 Å². The lowest BCUT2D eigenvalue weighted by Crippen LogP contribution is -2.08. The smallest absolute Gasteiger partial charge is 0.355 e. The molecule has 0 saturated heterocycles. The van der Waals surface area contributed by atoms with Gasteiger partial charge in [-0.3, -0.25) is 0 Å². The normalized spacial score (nSPS) is 9.69. The van der Waals surface area contributed by atoms with Gasteiger partial charge in [-0.1, -0.05) is 0 Å². The summed E-state index contributed by atoms with van der Waals surface area (Å²) in [7, 11) is 0. The molecule has 0 aliphatic rings. The quantitative estimate of drug-likeness (QED) is 0.842. The average molecular weight is 246 g/mol. The standard InChI is InChI=1S/C7H8BrN3O2/c1-2-9-7-10-3-4(8)5(11-7)6(12)13/h3H,2H2,1H3,(H,12,13)(H,9,10,11). The van der Waals surface area contributed by atoms with Crippen LogP contribution in [0.3, 0.4) is 0 Å². The zero-order chi connectivity index (χ0) is 9.84. The van der Waals surface area contributed by atoms with E-state index in [4.69, 9.17) is 5.11 Å². The van der Waals surface area contributed by atoms with Gasteiger partial charge in [0, 0.05) is 12.7 Å². The summed E-state index contributed by atoms with van der Waals surface area (Å²) in [6.45, 7) is 2.53. The van der Waals surface area contributed by atoms with Crippen LogP contribution in [0.2, 0.25) is 0 Å². The third-order valence-electron chi connectivity index (χ3n) is 1.28. The highest BCUT2D eigenvalue weighted by atomic mass is 79.9. The molecule has 6 heteroatoms. The zero-order valence-corrected chi connectivity index (χ0v) is 8.50. The van der Waals surface area contributed by atoms with E-state index in [1.807, 2.05) is 6.92 Å². The zero-order valence-electron chi connectivity index (χ0n) is 6.91. The summed E-state index contributed by atoms with van der Waals surface area (Å²) in [5.41, 5.74) is -0.0362. The molecule has 1 rings (SSSR count). The molecule has 0 radical (unpaired) electrons. The Bertz CT molecular complexity index is 330. The molecule has 0 amide bonds. The molecule has 5 nitrogen and oxygen atoms in total. The van der Waals surface area contributed by atoms with Gasteiger partial charge in [-0.25, -0.2) is 14.8 Å². The maximum Gasteiger partial charge on any atom is 0.355 e. The number of aromatic nitrogens is 2. The fourth-order valence-corrected chi connectivity index (χ4v) is 1.12. The first-order valence-corrected chi connectivity index (χ1v) is 4.44. The summed E-state index contributed by atoms with van der Waals surface area (Å²) >= 11 is 3.05. The molecule has 0 unspecified atom stereocenters. The lowest BCUT2D eigenvalue weighted by atomic mass is 10.4. The summed E-state index contributed by atoms with van der Waals surface area (Å²) < 4.78 is 0.377. The van der Waals surface area contributed by atoms with Crippen molar-refractivity contribution in [2.45, 2.75) is 6.92 Å². The molecule has 0 saturated carbocycles. The number of hydrogen-bond acceptors (Lipinski definition) is 4. The van der Waals surface area contributed by atoms with E-state index in [0.717, 1.165) is 0 Å². The molecule has 0 spiro atoms. The number of halogens is 1. The van der Waals surface area contributed by atoms with Crippen molar-refractivity contribution in [2.75, 3.05) is 11.9 Å². The second-order valence-corrected chi connectivity index (χ2v) is 3.08. The van der Waals surface area contributed by atoms with Gasteiger partial charge < -0.3 is 10.4 Å². The van der Waals surface area contributed by atoms with Crippen LogP contribution in [-0.2, 0) is 0 Å². The first kappa shape index (κ1) is 9.91. The predicted molar refractivity (Wildman–Crippen MR) is 50.9 cm³/mol. The largest absolute Gasteiger partial charge is 0.476 e. The van der Waals surface area contributed by atoms with Crippen LogP contribution in [-0.4, -0.2) is 27.6 Å². The van der Waals surface area contributed by atoms with Gasteiger partial charge in [-0.05, 0) is 22.9 Å². The van der Waals surface area contributed by atoms with Crippen molar-refractivity contribution in [1.82, 2.24) is 9.97 Å². The Labute approximate surface area is 83.3 Å². The second-order valence-electron chi connectivity index (χ2n) is 2.23. The summed E-state index contributed by atoms with van der Waals surface area (Å²) in [6, 6.07) is 0. The van der Waals surface area contributed by atoms with Gasteiger partial charge >= 0.3 is 5.97 Å². The van der Waals surface area contributed by atoms with Crippen LogP contribution in [0.15, 0.2) is 10.7 Å². The van der Waals surface area contributed by atoms with Gasteiger partial charge in [0.05, 0.1) is 4.47 Å². The molecule has 0 aliphatic carbocycles. The molecule has 0 aliphatic heterocycles. The van der Waals surface area contributed by atoms with Gasteiger partial charge in [0.1, 0.15) is 0 Å². The monoisotopic (exact) mass is 245 g/mol. The number of carboxylic acid groups (broad SMARTS) is 1. The van der Waals surface area contributed by atoms with Crippen molar-refractivity contribution >= 4 is 27.8 Å². The third kappa shape index (κ3) is 2.38. The Kier molecular flexibility index (Phi) is 3.18. The molecule has 0 aromatic carbocycles. The topological polar surface area (TPSA) is 75.1 Å². The number of carbonyl (C=O) groups is 1. The maximum atomic E-state index is 10.6. The van der Waals surface area contributed by atoms with E-state index in [9.17, 15) is 4.79 Å². The first-order chi connectivity index (χ1) is 6.15. The van der Waals surface area contributed by atoms with E-state index < -0.39 is 5.97 Å². The Hall–Kier alpha value is -1.17. The Morgan fingerprint density at radius 3 is 3.00 bits per heavy atom. The van der Waals surface area contributed by atoms with Crippen molar-refractivity contribution in [2.24, 2.45) is 0 Å². The molecule has 2 N–H and O–H groups in total. The van der Waals surface area contributed by atoms with Crippen molar-refractivity contribution in [1.29, 1.82) is 0 Å². The minimum atomic E-state index is -1.08. The second kappa shape index (κ2) is 4.18. The summed E-state index contributed by atoms with van der Waals surface area (Å²) in [6.07, 6.45) is 1.41. The fraction of sp³-hybridized carbons (Fsp3) is 0.286. The van der Waals surface area contributed by atoms with E-state index in [2.05, 4.69) is 31.2 Å². The predicted octanol–water partition coefficient (Wildman–Crippen LogP) is 1.37. The Morgan fingerprint density at radius 2 is 2.46 bits per heavy atom. The van der Waals surface area contributed by atoms with Crippen LogP contribution in [0, 0.1) is 0 Å². The summed E-state index contributed by atoms with van der Waals surface area (Å²) in [4.78, 5) is 18.3. The van der Waals surface area contributed by atoms with Crippen LogP contribution >= 0.6 is 15.9 Å². The highest BCUT2D eigenvalue weighted by molar-refractivity contribution is 9.10. The number of hydrogen-bond donors (Lipinski definition) is 2. The van der Waals surface area contributed by atoms with Gasteiger partial charge in [0.25, 0.3) is 0 Å². The molecule has 0 atom stereocenters. The van der Waals surface area contributed by atoms with Crippen LogP contribution < -0.4 is 5.32 Å². The SMILES string of the molecule is CCNc1ncc(Br)c(C(=O)O)n1. The van der Waals surface area contributed by atoms with Gasteiger partial charge in [-0.2, -0.15) is 0 Å². The molecular formula is C7H8BrN3O2. The number of nitrogens with one attached hydrogen (secondary N) is 1. The Balaban J connectivity index is 3.04. The molecule has 0 fully saturated rings. The highest BCUT2D eigenvalue weighted by Crippen LogP contribution is 2.14. The summed E-state index contributed by atoms with van der Waals surface area (Å²) in [5.74, 6) is -0.753. The van der Waals surface area contributed by atoms with Crippen molar-refractivity contribution in [3.63, 3.8) is 0 Å². The number of carboxylic acids is 1. The number of aromatic carboxylic acids is 1. The minimum Gasteiger partial charge on any atom is -0.476 e. The van der Waals surface area contributed by atoms with E-state index in [1.54, 1.807) is 0 Å². The van der Waals surface area contributed by atoms with E-state index in [0.29, 0.717) is 17.0 Å². The lowest BCUT2D eigenvalue weighted by molar-refractivity contribution is 0.0689. The molecule has 13 heavy (non-hydrogen) atoms. The third-order valence-corrected chi connectivity index (χ3v) is 1.86. The van der Waals surface area contributed by atoms with Crippen molar-refractivity contribution in [3.8, 4) is 0 Å². The number of rotatable bonds is 3. The van der Waals surface area contributed by atoms with Crippen molar-refractivity contribution < 1.29 is 9.90 Å². The molecule has 1 heterocycles. The van der Waals surface area contributed by atoms with E-state index >= 15 is 0 Å². The first-order valence-electron chi connectivity index (χ1n) is 3.65. The molecule has 70 valence electrons. The average Bonchev–Trinajstić information content (AvgIpc) is 2.08. The lowest BCUT2D eigenvalue weighted by Gasteiger charge is -2.02. The van der Waals surface area contributed by atoms with Gasteiger partial charge in [0.2, 0.25) is 5.95 Å². The summed E-state index contributed by atoms with van der Waals surface area (Å²) in [5, 5.41) is 11.5. The maximum absolute atomic E-state index is 10.6. The van der Waals surface area contributed by atoms with Crippen LogP contribution in [0.25, 0.3) is 0 Å². The van der Waals surface area contributed by atoms with E-state index in [1.165, 1.54) is 6.20 Å². The molecule has 1 aromatic heterocycles. The minimum absolute atomic E-state index is 0.0362. The van der Waals surface area contributed by atoms with Crippen LogP contribution in [0.4, 0.5) is 5.95 Å². The molecule has 1 aromatic rings. The van der Waals surface area contributed by atoms with Gasteiger partial charge in [-0.15, -0.1) is 0 Å². The molecule has 0 bridgehead atoms. The van der Waals surface area contributed by atoms with Gasteiger partial charge in [0.15, 0.2) is 5.69 Å². The fourth-order valence-electron chi connectivity index (χ4n) is 0.760. The number of anilines is 1. The number of nitrogens with zero attached hydrogens (tertiary/aromatic N) is 2. The van der Waals surface area contributed by atoms with Crippen molar-refractivity contribution in [3.05, 3.63) is 16.4 Å². The van der Waals surface area contributed by atoms with Crippen LogP contribution in [0.1, 0.15) is 17.4 Å². The van der Waals surface area contributed by atoms with Crippen LogP contribution in [0.5, 0.6) is 0 Å².